The van der Waals surface area contributed by atoms with E-state index in [1.54, 1.807) is 34.1 Å². The van der Waals surface area contributed by atoms with Gasteiger partial charge in [0.2, 0.25) is 17.7 Å². The molecule has 2 fully saturated rings. The smallest absolute Gasteiger partial charge is 0.227 e. The molecule has 0 aliphatic carbocycles. The van der Waals surface area contributed by atoms with Crippen molar-refractivity contribution in [2.24, 2.45) is 11.8 Å². The summed E-state index contributed by atoms with van der Waals surface area (Å²) in [6, 6.07) is 8.99. The summed E-state index contributed by atoms with van der Waals surface area (Å²) in [7, 11) is 0. The first-order valence-corrected chi connectivity index (χ1v) is 10.1. The third kappa shape index (κ3) is 4.58. The third-order valence-corrected chi connectivity index (χ3v) is 5.77. The summed E-state index contributed by atoms with van der Waals surface area (Å²) < 4.78 is 0. The van der Waals surface area contributed by atoms with Crippen LogP contribution in [0.2, 0.25) is 0 Å². The molecule has 7 nitrogen and oxygen atoms in total. The Hall–Kier alpha value is -2.88. The van der Waals surface area contributed by atoms with Crippen molar-refractivity contribution in [2.45, 2.75) is 45.6 Å². The van der Waals surface area contributed by atoms with Gasteiger partial charge in [-0.25, -0.2) is 0 Å². The molecule has 0 bridgehead atoms. The maximum absolute atomic E-state index is 12.9. The van der Waals surface area contributed by atoms with Crippen LogP contribution in [0.5, 0.6) is 0 Å². The highest BCUT2D eigenvalue weighted by atomic mass is 16.2. The van der Waals surface area contributed by atoms with E-state index < -0.39 is 0 Å². The fourth-order valence-corrected chi connectivity index (χ4v) is 4.07. The SMILES string of the molecule is CC(C)(C)N1CC(C(=O)N2CCC(C(=O)Nc3ccccc3C#N)CC2)CC1=O. The summed E-state index contributed by atoms with van der Waals surface area (Å²) in [5.74, 6) is -0.563. The Morgan fingerprint density at radius 1 is 1.14 bits per heavy atom. The number of anilines is 1. The van der Waals surface area contributed by atoms with Crippen LogP contribution in [0.15, 0.2) is 24.3 Å². The average molecular weight is 396 g/mol. The van der Waals surface area contributed by atoms with Gasteiger partial charge in [-0.3, -0.25) is 14.4 Å². The van der Waals surface area contributed by atoms with Gasteiger partial charge in [0, 0.05) is 37.5 Å². The molecule has 154 valence electrons. The third-order valence-electron chi connectivity index (χ3n) is 5.77. The molecule has 0 aromatic heterocycles. The number of amides is 3. The molecule has 0 saturated carbocycles. The highest BCUT2D eigenvalue weighted by Gasteiger charge is 2.41. The van der Waals surface area contributed by atoms with Gasteiger partial charge in [0.05, 0.1) is 17.2 Å². The van der Waals surface area contributed by atoms with Gasteiger partial charge in [0.15, 0.2) is 0 Å². The molecule has 1 atom stereocenters. The number of carbonyl (C=O) groups excluding carboxylic acids is 3. The Labute approximate surface area is 171 Å². The van der Waals surface area contributed by atoms with Gasteiger partial charge in [-0.05, 0) is 45.7 Å². The van der Waals surface area contributed by atoms with E-state index in [4.69, 9.17) is 5.26 Å². The summed E-state index contributed by atoms with van der Waals surface area (Å²) in [5.41, 5.74) is 0.671. The van der Waals surface area contributed by atoms with Crippen LogP contribution in [-0.4, -0.2) is 52.7 Å². The minimum absolute atomic E-state index is 0.0128. The number of benzene rings is 1. The number of hydrogen-bond donors (Lipinski definition) is 1. The number of nitrogens with one attached hydrogen (secondary N) is 1. The summed E-state index contributed by atoms with van der Waals surface area (Å²) in [6.07, 6.45) is 1.42. The number of nitriles is 1. The maximum atomic E-state index is 12.9. The van der Waals surface area contributed by atoms with Gasteiger partial charge in [0.1, 0.15) is 6.07 Å². The molecule has 3 rings (SSSR count). The van der Waals surface area contributed by atoms with Gasteiger partial charge in [0.25, 0.3) is 0 Å². The van der Waals surface area contributed by atoms with E-state index in [2.05, 4.69) is 11.4 Å². The minimum Gasteiger partial charge on any atom is -0.342 e. The summed E-state index contributed by atoms with van der Waals surface area (Å²) >= 11 is 0. The largest absolute Gasteiger partial charge is 0.342 e. The molecule has 2 heterocycles. The molecule has 1 N–H and O–H groups in total. The zero-order valence-electron chi connectivity index (χ0n) is 17.3. The Morgan fingerprint density at radius 3 is 2.38 bits per heavy atom. The topological polar surface area (TPSA) is 93.5 Å². The van der Waals surface area contributed by atoms with Crippen LogP contribution in [-0.2, 0) is 14.4 Å². The lowest BCUT2D eigenvalue weighted by Gasteiger charge is -2.34. The molecule has 0 radical (unpaired) electrons. The highest BCUT2D eigenvalue weighted by Crippen LogP contribution is 2.29. The van der Waals surface area contributed by atoms with Crippen molar-refractivity contribution in [1.29, 1.82) is 5.26 Å². The fraction of sp³-hybridized carbons (Fsp3) is 0.545. The molecule has 29 heavy (non-hydrogen) atoms. The van der Waals surface area contributed by atoms with E-state index in [1.807, 2.05) is 20.8 Å². The van der Waals surface area contributed by atoms with Crippen LogP contribution in [0.3, 0.4) is 0 Å². The van der Waals surface area contributed by atoms with Crippen LogP contribution in [0.4, 0.5) is 5.69 Å². The number of para-hydroxylation sites is 1. The monoisotopic (exact) mass is 396 g/mol. The number of hydrogen-bond acceptors (Lipinski definition) is 4. The van der Waals surface area contributed by atoms with Crippen LogP contribution in [0, 0.1) is 23.2 Å². The standard InChI is InChI=1S/C22H28N4O3/c1-22(2,3)26-14-17(12-19(26)27)21(29)25-10-8-15(9-11-25)20(28)24-18-7-5-4-6-16(18)13-23/h4-7,15,17H,8-12,14H2,1-3H3,(H,24,28). The van der Waals surface area contributed by atoms with E-state index >= 15 is 0 Å². The van der Waals surface area contributed by atoms with Gasteiger partial charge in [-0.15, -0.1) is 0 Å². The van der Waals surface area contributed by atoms with Crippen molar-refractivity contribution in [3.8, 4) is 6.07 Å². The number of piperidine rings is 1. The molecule has 7 heteroatoms. The van der Waals surface area contributed by atoms with Crippen molar-refractivity contribution < 1.29 is 14.4 Å². The van der Waals surface area contributed by atoms with Crippen molar-refractivity contribution >= 4 is 23.4 Å². The second-order valence-electron chi connectivity index (χ2n) is 8.82. The Kier molecular flexibility index (Phi) is 5.92. The molecular formula is C22H28N4O3. The number of nitrogens with zero attached hydrogens (tertiary/aromatic N) is 3. The zero-order valence-corrected chi connectivity index (χ0v) is 17.3. The minimum atomic E-state index is -0.297. The molecule has 1 aromatic rings. The molecule has 3 amide bonds. The van der Waals surface area contributed by atoms with Gasteiger partial charge < -0.3 is 15.1 Å². The lowest BCUT2D eigenvalue weighted by molar-refractivity contribution is -0.138. The first-order valence-electron chi connectivity index (χ1n) is 10.1. The molecule has 2 saturated heterocycles. The number of likely N-dealkylation sites (tertiary alicyclic amines) is 2. The summed E-state index contributed by atoms with van der Waals surface area (Å²) in [5, 5.41) is 12.0. The zero-order chi connectivity index (χ0) is 21.2. The van der Waals surface area contributed by atoms with Crippen molar-refractivity contribution in [1.82, 2.24) is 9.80 Å². The molecule has 2 aliphatic heterocycles. The van der Waals surface area contributed by atoms with Crippen LogP contribution in [0.1, 0.15) is 45.6 Å². The molecule has 1 aromatic carbocycles. The lowest BCUT2D eigenvalue weighted by Crippen LogP contribution is -2.46. The normalized spacial score (nSPS) is 20.5. The molecule has 1 unspecified atom stereocenters. The van der Waals surface area contributed by atoms with E-state index in [0.29, 0.717) is 43.7 Å². The maximum Gasteiger partial charge on any atom is 0.227 e. The van der Waals surface area contributed by atoms with Crippen molar-refractivity contribution in [3.63, 3.8) is 0 Å². The first-order chi connectivity index (χ1) is 13.7. The highest BCUT2D eigenvalue weighted by molar-refractivity contribution is 5.94. The molecule has 0 spiro atoms. The Balaban J connectivity index is 1.54. The number of carbonyl (C=O) groups is 3. The van der Waals surface area contributed by atoms with E-state index in [9.17, 15) is 14.4 Å². The van der Waals surface area contributed by atoms with Gasteiger partial charge in [-0.1, -0.05) is 12.1 Å². The predicted octanol–water partition coefficient (Wildman–Crippen LogP) is 2.38. The van der Waals surface area contributed by atoms with E-state index in [-0.39, 0.29) is 41.5 Å². The Morgan fingerprint density at radius 2 is 1.79 bits per heavy atom. The average Bonchev–Trinajstić information content (AvgIpc) is 3.10. The second-order valence-corrected chi connectivity index (χ2v) is 8.82. The first kappa shape index (κ1) is 20.8. The van der Waals surface area contributed by atoms with E-state index in [0.717, 1.165) is 0 Å². The summed E-state index contributed by atoms with van der Waals surface area (Å²) in [6.45, 7) is 7.42. The number of rotatable bonds is 3. The van der Waals surface area contributed by atoms with Crippen LogP contribution in [0.25, 0.3) is 0 Å². The fourth-order valence-electron chi connectivity index (χ4n) is 4.07. The van der Waals surface area contributed by atoms with E-state index in [1.165, 1.54) is 0 Å². The van der Waals surface area contributed by atoms with Gasteiger partial charge >= 0.3 is 0 Å². The van der Waals surface area contributed by atoms with Crippen LogP contribution >= 0.6 is 0 Å². The van der Waals surface area contributed by atoms with Crippen molar-refractivity contribution in [3.05, 3.63) is 29.8 Å². The summed E-state index contributed by atoms with van der Waals surface area (Å²) in [4.78, 5) is 41.3. The van der Waals surface area contributed by atoms with Crippen molar-refractivity contribution in [2.75, 3.05) is 25.0 Å². The molecular weight excluding hydrogens is 368 g/mol. The Bertz CT molecular complexity index is 844. The quantitative estimate of drug-likeness (QED) is 0.849. The van der Waals surface area contributed by atoms with Gasteiger partial charge in [-0.2, -0.15) is 5.26 Å². The van der Waals surface area contributed by atoms with Crippen LogP contribution < -0.4 is 5.32 Å². The second kappa shape index (κ2) is 8.24. The predicted molar refractivity (Wildman–Crippen MR) is 109 cm³/mol. The lowest BCUT2D eigenvalue weighted by atomic mass is 9.94. The molecule has 2 aliphatic rings.